The number of aromatic nitrogens is 2. The first-order chi connectivity index (χ1) is 12.0. The number of rotatable bonds is 5. The molecule has 0 fully saturated rings. The summed E-state index contributed by atoms with van der Waals surface area (Å²) in [5.41, 5.74) is 1.10. The van der Waals surface area contributed by atoms with Gasteiger partial charge in [-0.2, -0.15) is 5.10 Å². The average Bonchev–Trinajstić information content (AvgIpc) is 2.99. The number of thioether (sulfide) groups is 1. The third-order valence-corrected chi connectivity index (χ3v) is 5.41. The van der Waals surface area contributed by atoms with Crippen molar-refractivity contribution in [3.63, 3.8) is 0 Å². The number of fused-ring (bicyclic) bond motifs is 1. The maximum absolute atomic E-state index is 13.1. The molecule has 5 nitrogen and oxygen atoms in total. The van der Waals surface area contributed by atoms with Crippen LogP contribution in [0.1, 0.15) is 30.0 Å². The van der Waals surface area contributed by atoms with Crippen molar-refractivity contribution < 1.29 is 9.59 Å². The van der Waals surface area contributed by atoms with E-state index in [-0.39, 0.29) is 5.91 Å². The molecule has 1 amide bonds. The largest absolute Gasteiger partial charge is 0.301 e. The molecule has 7 heteroatoms. The summed E-state index contributed by atoms with van der Waals surface area (Å²) >= 11 is 1.62. The fourth-order valence-electron chi connectivity index (χ4n) is 2.91. The monoisotopic (exact) mass is 373 g/mol. The number of aldehydes is 1. The highest BCUT2D eigenvalue weighted by molar-refractivity contribution is 8.01. The van der Waals surface area contributed by atoms with Gasteiger partial charge >= 0.3 is 0 Å². The van der Waals surface area contributed by atoms with Gasteiger partial charge in [0.2, 0.25) is 0 Å². The Labute approximate surface area is 153 Å². The second-order valence-electron chi connectivity index (χ2n) is 6.17. The van der Waals surface area contributed by atoms with Crippen LogP contribution < -0.4 is 10.2 Å². The molecule has 1 aromatic carbocycles. The van der Waals surface area contributed by atoms with Crippen molar-refractivity contribution in [3.05, 3.63) is 53.2 Å². The van der Waals surface area contributed by atoms with E-state index in [1.807, 2.05) is 48.7 Å². The standard InChI is InChI=1S/C18H20N3O2PS/c1-3-8-25-10-13-9-16-17(23)21(14-4-6-15(24)7-5-14)18(2,12-22)11-20(16)19-13/h3-9,12H,10-11,24H2,1-2H3/b8-3-. The zero-order valence-electron chi connectivity index (χ0n) is 14.2. The zero-order valence-corrected chi connectivity index (χ0v) is 16.1. The number of allylic oxidation sites excluding steroid dienone is 1. The number of carbonyl (C=O) groups is 2. The molecule has 2 heterocycles. The van der Waals surface area contributed by atoms with Crippen LogP contribution in [-0.2, 0) is 17.1 Å². The van der Waals surface area contributed by atoms with Gasteiger partial charge in [-0.1, -0.05) is 18.2 Å². The van der Waals surface area contributed by atoms with Gasteiger partial charge in [0.05, 0.1) is 12.2 Å². The normalized spacial score (nSPS) is 20.1. The number of hydrogen-bond acceptors (Lipinski definition) is 4. The predicted octanol–water partition coefficient (Wildman–Crippen LogP) is 2.77. The molecule has 3 rings (SSSR count). The highest BCUT2D eigenvalue weighted by atomic mass is 32.2. The summed E-state index contributed by atoms with van der Waals surface area (Å²) in [5.74, 6) is 0.490. The maximum atomic E-state index is 13.1. The highest BCUT2D eigenvalue weighted by Gasteiger charge is 2.43. The number of carbonyl (C=O) groups excluding carboxylic acids is 2. The van der Waals surface area contributed by atoms with E-state index in [9.17, 15) is 9.59 Å². The van der Waals surface area contributed by atoms with Crippen LogP contribution in [0.5, 0.6) is 0 Å². The molecule has 1 aliphatic rings. The summed E-state index contributed by atoms with van der Waals surface area (Å²) in [7, 11) is 2.61. The van der Waals surface area contributed by atoms with Gasteiger partial charge in [0.25, 0.3) is 5.91 Å². The van der Waals surface area contributed by atoms with Crippen molar-refractivity contribution in [2.75, 3.05) is 4.90 Å². The number of benzene rings is 1. The molecule has 0 aliphatic carbocycles. The summed E-state index contributed by atoms with van der Waals surface area (Å²) < 4.78 is 1.66. The smallest absolute Gasteiger partial charge is 0.277 e. The molecule has 0 N–H and O–H groups in total. The highest BCUT2D eigenvalue weighted by Crippen LogP contribution is 2.31. The molecule has 25 heavy (non-hydrogen) atoms. The van der Waals surface area contributed by atoms with E-state index in [1.54, 1.807) is 28.3 Å². The van der Waals surface area contributed by atoms with E-state index in [4.69, 9.17) is 0 Å². The number of nitrogens with zero attached hydrogens (tertiary/aromatic N) is 3. The summed E-state index contributed by atoms with van der Waals surface area (Å²) in [6.07, 6.45) is 2.80. The lowest BCUT2D eigenvalue weighted by atomic mass is 9.97. The third kappa shape index (κ3) is 3.42. The fraction of sp³-hybridized carbons (Fsp3) is 0.278. The van der Waals surface area contributed by atoms with E-state index in [2.05, 4.69) is 14.3 Å². The minimum Gasteiger partial charge on any atom is -0.301 e. The summed E-state index contributed by atoms with van der Waals surface area (Å²) in [6.45, 7) is 4.07. The number of amides is 1. The summed E-state index contributed by atoms with van der Waals surface area (Å²) in [5, 5.41) is 7.53. The Morgan fingerprint density at radius 1 is 1.36 bits per heavy atom. The Morgan fingerprint density at radius 2 is 2.08 bits per heavy atom. The Morgan fingerprint density at radius 3 is 2.72 bits per heavy atom. The van der Waals surface area contributed by atoms with Crippen LogP contribution in [0.3, 0.4) is 0 Å². The van der Waals surface area contributed by atoms with Gasteiger partial charge in [-0.15, -0.1) is 21.0 Å². The summed E-state index contributed by atoms with van der Waals surface area (Å²) in [4.78, 5) is 26.5. The molecule has 0 spiro atoms. The van der Waals surface area contributed by atoms with E-state index in [0.29, 0.717) is 23.7 Å². The molecular weight excluding hydrogens is 353 g/mol. The van der Waals surface area contributed by atoms with E-state index >= 15 is 0 Å². The number of hydrogen-bond donors (Lipinski definition) is 0. The zero-order chi connectivity index (χ0) is 18.0. The van der Waals surface area contributed by atoms with Gasteiger partial charge in [-0.05, 0) is 42.8 Å². The second kappa shape index (κ2) is 7.14. The Kier molecular flexibility index (Phi) is 5.11. The molecule has 0 radical (unpaired) electrons. The van der Waals surface area contributed by atoms with Gasteiger partial charge < -0.3 is 4.79 Å². The molecule has 0 bridgehead atoms. The minimum atomic E-state index is -0.966. The van der Waals surface area contributed by atoms with Gasteiger partial charge in [0.15, 0.2) is 0 Å². The van der Waals surface area contributed by atoms with Crippen LogP contribution in [0.2, 0.25) is 0 Å². The quantitative estimate of drug-likeness (QED) is 0.597. The molecule has 0 saturated carbocycles. The molecular formula is C18H20N3O2PS. The van der Waals surface area contributed by atoms with Crippen molar-refractivity contribution in [2.24, 2.45) is 0 Å². The predicted molar refractivity (Wildman–Crippen MR) is 105 cm³/mol. The Hall–Kier alpha value is -1.91. The topological polar surface area (TPSA) is 55.2 Å². The lowest BCUT2D eigenvalue weighted by molar-refractivity contribution is -0.112. The molecule has 1 aliphatic heterocycles. The van der Waals surface area contributed by atoms with E-state index in [1.165, 1.54) is 0 Å². The van der Waals surface area contributed by atoms with Crippen molar-refractivity contribution in [1.82, 2.24) is 9.78 Å². The van der Waals surface area contributed by atoms with Crippen LogP contribution in [0, 0.1) is 0 Å². The Balaban J connectivity index is 1.99. The SMILES string of the molecule is C/C=C\SCc1cc2n(n1)CC(C)(C=O)N(c1ccc(P)cc1)C2=O. The average molecular weight is 373 g/mol. The van der Waals surface area contributed by atoms with Crippen molar-refractivity contribution in [2.45, 2.75) is 31.7 Å². The lowest BCUT2D eigenvalue weighted by Gasteiger charge is -2.40. The lowest BCUT2D eigenvalue weighted by Crippen LogP contribution is -2.58. The fourth-order valence-corrected chi connectivity index (χ4v) is 3.70. The van der Waals surface area contributed by atoms with Crippen molar-refractivity contribution in [3.8, 4) is 0 Å². The van der Waals surface area contributed by atoms with Gasteiger partial charge in [0.1, 0.15) is 17.5 Å². The van der Waals surface area contributed by atoms with Crippen LogP contribution in [-0.4, -0.2) is 27.5 Å². The van der Waals surface area contributed by atoms with Crippen LogP contribution in [0.15, 0.2) is 41.8 Å². The van der Waals surface area contributed by atoms with Crippen molar-refractivity contribution >= 4 is 44.2 Å². The van der Waals surface area contributed by atoms with Crippen LogP contribution in [0.25, 0.3) is 0 Å². The van der Waals surface area contributed by atoms with Crippen molar-refractivity contribution in [1.29, 1.82) is 0 Å². The van der Waals surface area contributed by atoms with E-state index in [0.717, 1.165) is 17.3 Å². The van der Waals surface area contributed by atoms with E-state index < -0.39 is 5.54 Å². The van der Waals surface area contributed by atoms with Gasteiger partial charge in [-0.3, -0.25) is 14.4 Å². The first-order valence-corrected chi connectivity index (χ1v) is 9.57. The molecule has 2 unspecified atom stereocenters. The van der Waals surface area contributed by atoms with Crippen LogP contribution >= 0.6 is 21.0 Å². The molecule has 2 atom stereocenters. The molecule has 2 aromatic rings. The molecule has 1 aromatic heterocycles. The van der Waals surface area contributed by atoms with Crippen LogP contribution in [0.4, 0.5) is 5.69 Å². The first kappa shape index (κ1) is 17.9. The third-order valence-electron chi connectivity index (χ3n) is 4.10. The van der Waals surface area contributed by atoms with Gasteiger partial charge in [0, 0.05) is 11.4 Å². The van der Waals surface area contributed by atoms with Gasteiger partial charge in [-0.25, -0.2) is 0 Å². The minimum absolute atomic E-state index is 0.202. The second-order valence-corrected chi connectivity index (χ2v) is 7.73. The maximum Gasteiger partial charge on any atom is 0.277 e. The number of anilines is 1. The summed E-state index contributed by atoms with van der Waals surface area (Å²) in [6, 6.07) is 9.35. The molecule has 130 valence electrons. The molecule has 0 saturated heterocycles. The first-order valence-electron chi connectivity index (χ1n) is 7.94. The Bertz CT molecular complexity index is 831.